The van der Waals surface area contributed by atoms with Crippen molar-refractivity contribution in [3.63, 3.8) is 0 Å². The van der Waals surface area contributed by atoms with E-state index in [-0.39, 0.29) is 13.4 Å². The van der Waals surface area contributed by atoms with Crippen LogP contribution in [0.25, 0.3) is 0 Å². The molecule has 15 heavy (non-hydrogen) atoms. The van der Waals surface area contributed by atoms with E-state index >= 15 is 0 Å². The molecule has 1 atom stereocenters. The number of hydrogen-bond donors (Lipinski definition) is 1. The van der Waals surface area contributed by atoms with Gasteiger partial charge in [0.2, 0.25) is 5.91 Å². The van der Waals surface area contributed by atoms with Crippen LogP contribution in [0, 0.1) is 0 Å². The zero-order valence-electron chi connectivity index (χ0n) is 10.1. The summed E-state index contributed by atoms with van der Waals surface area (Å²) in [5.74, 6) is 0.0310. The zero-order valence-corrected chi connectivity index (χ0v) is 10.1. The van der Waals surface area contributed by atoms with Crippen LogP contribution in [-0.2, 0) is 11.2 Å². The molecule has 0 aliphatic carbocycles. The van der Waals surface area contributed by atoms with Gasteiger partial charge in [-0.05, 0) is 18.9 Å². The van der Waals surface area contributed by atoms with Gasteiger partial charge in [0, 0.05) is 14.4 Å². The number of nitrogens with one attached hydrogen (secondary N) is 1. The van der Waals surface area contributed by atoms with Crippen molar-refractivity contribution >= 4 is 5.91 Å². The molecule has 1 amide bonds. The first-order chi connectivity index (χ1) is 7.18. The lowest BCUT2D eigenvalue weighted by molar-refractivity contribution is -0.119. The van der Waals surface area contributed by atoms with Crippen molar-refractivity contribution in [2.24, 2.45) is 0 Å². The Labute approximate surface area is 94.2 Å². The highest BCUT2D eigenvalue weighted by molar-refractivity contribution is 5.73. The molecular weight excluding hydrogens is 186 g/mol. The number of rotatable bonds is 3. The third-order valence-electron chi connectivity index (χ3n) is 1.83. The predicted molar refractivity (Wildman–Crippen MR) is 66.9 cm³/mol. The molecule has 0 fully saturated rings. The lowest BCUT2D eigenvalue weighted by Crippen LogP contribution is -2.31. The third kappa shape index (κ3) is 6.72. The van der Waals surface area contributed by atoms with Gasteiger partial charge in [-0.3, -0.25) is 4.79 Å². The Morgan fingerprint density at radius 2 is 1.87 bits per heavy atom. The average Bonchev–Trinajstić information content (AvgIpc) is 2.21. The number of amides is 1. The molecule has 0 heterocycles. The molecule has 86 valence electrons. The van der Waals surface area contributed by atoms with Crippen molar-refractivity contribution in [2.75, 3.05) is 0 Å². The van der Waals surface area contributed by atoms with E-state index in [2.05, 4.69) is 17.4 Å². The van der Waals surface area contributed by atoms with Gasteiger partial charge in [0.05, 0.1) is 0 Å². The summed E-state index contributed by atoms with van der Waals surface area (Å²) in [7, 11) is 0. The summed E-state index contributed by atoms with van der Waals surface area (Å²) in [6.45, 7) is 7.55. The summed E-state index contributed by atoms with van der Waals surface area (Å²) in [5, 5.41) is 2.85. The average molecular weight is 209 g/mol. The molecule has 2 nitrogen and oxygen atoms in total. The van der Waals surface area contributed by atoms with Crippen molar-refractivity contribution in [1.82, 2.24) is 5.32 Å². The minimum atomic E-state index is 0. The first-order valence-electron chi connectivity index (χ1n) is 5.49. The molecule has 0 bridgehead atoms. The molecule has 1 aromatic rings. The number of hydrogen-bond acceptors (Lipinski definition) is 1. The van der Waals surface area contributed by atoms with E-state index in [0.29, 0.717) is 0 Å². The summed E-state index contributed by atoms with van der Waals surface area (Å²) in [4.78, 5) is 10.7. The van der Waals surface area contributed by atoms with Gasteiger partial charge in [-0.15, -0.1) is 0 Å². The summed E-state index contributed by atoms with van der Waals surface area (Å²) >= 11 is 0. The fourth-order valence-corrected chi connectivity index (χ4v) is 1.37. The Morgan fingerprint density at radius 3 is 2.33 bits per heavy atom. The van der Waals surface area contributed by atoms with Gasteiger partial charge in [0.15, 0.2) is 0 Å². The lowest BCUT2D eigenvalue weighted by atomic mass is 10.1. The third-order valence-corrected chi connectivity index (χ3v) is 1.83. The fourth-order valence-electron chi connectivity index (χ4n) is 1.37. The van der Waals surface area contributed by atoms with Gasteiger partial charge in [-0.25, -0.2) is 0 Å². The van der Waals surface area contributed by atoms with Crippen LogP contribution in [0.15, 0.2) is 30.3 Å². The lowest BCUT2D eigenvalue weighted by Gasteiger charge is -2.11. The molecule has 1 aromatic carbocycles. The number of benzene rings is 1. The molecule has 0 saturated heterocycles. The van der Waals surface area contributed by atoms with E-state index in [0.717, 1.165) is 6.42 Å². The van der Waals surface area contributed by atoms with Crippen LogP contribution in [0.1, 0.15) is 34.7 Å². The monoisotopic (exact) mass is 209 g/mol. The minimum Gasteiger partial charge on any atom is -0.354 e. The van der Waals surface area contributed by atoms with Crippen molar-refractivity contribution in [2.45, 2.75) is 40.2 Å². The molecule has 0 aliphatic rings. The van der Waals surface area contributed by atoms with Crippen LogP contribution in [-0.4, -0.2) is 11.9 Å². The fraction of sp³-hybridized carbons (Fsp3) is 0.462. The highest BCUT2D eigenvalue weighted by Gasteiger charge is 2.03. The maximum Gasteiger partial charge on any atom is 0.217 e. The topological polar surface area (TPSA) is 29.1 Å². The summed E-state index contributed by atoms with van der Waals surface area (Å²) in [5.41, 5.74) is 1.25. The highest BCUT2D eigenvalue weighted by Crippen LogP contribution is 2.02. The summed E-state index contributed by atoms with van der Waals surface area (Å²) in [6, 6.07) is 10.4. The maximum atomic E-state index is 10.7. The van der Waals surface area contributed by atoms with Crippen LogP contribution in [0.5, 0.6) is 0 Å². The smallest absolute Gasteiger partial charge is 0.217 e. The molecular formula is C13H23NO. The van der Waals surface area contributed by atoms with Crippen molar-refractivity contribution in [1.29, 1.82) is 0 Å². The van der Waals surface area contributed by atoms with Crippen molar-refractivity contribution in [3.05, 3.63) is 35.9 Å². The summed E-state index contributed by atoms with van der Waals surface area (Å²) in [6.07, 6.45) is 0.889. The van der Waals surface area contributed by atoms with Gasteiger partial charge >= 0.3 is 0 Å². The molecule has 1 rings (SSSR count). The second-order valence-corrected chi connectivity index (χ2v) is 3.29. The van der Waals surface area contributed by atoms with E-state index in [1.54, 1.807) is 6.92 Å². The summed E-state index contributed by atoms with van der Waals surface area (Å²) < 4.78 is 0. The molecule has 1 unspecified atom stereocenters. The van der Waals surface area contributed by atoms with E-state index < -0.39 is 0 Å². The van der Waals surface area contributed by atoms with E-state index in [4.69, 9.17) is 0 Å². The Morgan fingerprint density at radius 1 is 1.33 bits per heavy atom. The molecule has 0 aromatic heterocycles. The van der Waals surface area contributed by atoms with Crippen LogP contribution in [0.2, 0.25) is 0 Å². The van der Waals surface area contributed by atoms with Gasteiger partial charge in [-0.2, -0.15) is 0 Å². The SMILES string of the molecule is CC.CC(=O)NC(C)Cc1ccccc1.[HH]. The Kier molecular flexibility index (Phi) is 7.33. The Balaban J connectivity index is 0. The van der Waals surface area contributed by atoms with Crippen LogP contribution in [0.4, 0.5) is 0 Å². The first-order valence-corrected chi connectivity index (χ1v) is 5.49. The van der Waals surface area contributed by atoms with Crippen LogP contribution >= 0.6 is 0 Å². The molecule has 0 aliphatic heterocycles. The van der Waals surface area contributed by atoms with Gasteiger partial charge in [0.25, 0.3) is 0 Å². The normalized spacial score (nSPS) is 10.9. The second-order valence-electron chi connectivity index (χ2n) is 3.29. The minimum absolute atomic E-state index is 0. The molecule has 1 N–H and O–H groups in total. The van der Waals surface area contributed by atoms with E-state index in [9.17, 15) is 4.79 Å². The van der Waals surface area contributed by atoms with E-state index in [1.807, 2.05) is 39.0 Å². The first kappa shape index (κ1) is 13.7. The number of carbonyl (C=O) groups is 1. The van der Waals surface area contributed by atoms with Crippen LogP contribution < -0.4 is 5.32 Å². The highest BCUT2D eigenvalue weighted by atomic mass is 16.1. The molecule has 0 radical (unpaired) electrons. The van der Waals surface area contributed by atoms with Gasteiger partial charge < -0.3 is 5.32 Å². The predicted octanol–water partition coefficient (Wildman–Crippen LogP) is 3.03. The van der Waals surface area contributed by atoms with Gasteiger partial charge in [0.1, 0.15) is 0 Å². The van der Waals surface area contributed by atoms with Crippen LogP contribution in [0.3, 0.4) is 0 Å². The quantitative estimate of drug-likeness (QED) is 0.814. The molecule has 0 saturated carbocycles. The van der Waals surface area contributed by atoms with Crippen molar-refractivity contribution < 1.29 is 6.22 Å². The zero-order chi connectivity index (χ0) is 11.7. The van der Waals surface area contributed by atoms with Crippen molar-refractivity contribution in [3.8, 4) is 0 Å². The Hall–Kier alpha value is -1.31. The standard InChI is InChI=1S/C11H15NO.C2H6.H2/c1-9(12-10(2)13)8-11-6-4-3-5-7-11;1-2;/h3-7,9H,8H2,1-2H3,(H,12,13);1-2H3;1H. The molecule has 2 heteroatoms. The van der Waals surface area contributed by atoms with E-state index in [1.165, 1.54) is 5.56 Å². The number of carbonyl (C=O) groups excluding carboxylic acids is 1. The maximum absolute atomic E-state index is 10.7. The second kappa shape index (κ2) is 8.04. The molecule has 0 spiro atoms. The Bertz CT molecular complexity index is 275. The van der Waals surface area contributed by atoms with Gasteiger partial charge in [-0.1, -0.05) is 44.2 Å². The largest absolute Gasteiger partial charge is 0.354 e.